The zero-order valence-corrected chi connectivity index (χ0v) is 19.7. The second-order valence-corrected chi connectivity index (χ2v) is 11.3. The first-order valence-corrected chi connectivity index (χ1v) is 12.9. The number of anilines is 1. The maximum atomic E-state index is 12.6. The van der Waals surface area contributed by atoms with Crippen LogP contribution in [0.1, 0.15) is 23.1 Å². The maximum Gasteiger partial charge on any atom is 0.223 e. The zero-order chi connectivity index (χ0) is 22.2. The van der Waals surface area contributed by atoms with Crippen LogP contribution < -0.4 is 4.90 Å². The summed E-state index contributed by atoms with van der Waals surface area (Å²) in [4.78, 5) is 21.6. The van der Waals surface area contributed by atoms with Crippen molar-refractivity contribution in [1.82, 2.24) is 9.88 Å². The van der Waals surface area contributed by atoms with Crippen LogP contribution >= 0.6 is 11.3 Å². The molecule has 0 N–H and O–H groups in total. The lowest BCUT2D eigenvalue weighted by molar-refractivity contribution is -0.131. The highest BCUT2D eigenvalue weighted by molar-refractivity contribution is 7.91. The molecule has 6 nitrogen and oxygen atoms in total. The Morgan fingerprint density at radius 2 is 1.65 bits per heavy atom. The normalized spacial score (nSPS) is 14.9. The highest BCUT2D eigenvalue weighted by Gasteiger charge is 2.25. The Bertz CT molecular complexity index is 1170. The number of nitrogens with zero attached hydrogens (tertiary/aromatic N) is 3. The number of carbonyl (C=O) groups excluding carboxylic acids is 1. The van der Waals surface area contributed by atoms with E-state index in [1.54, 1.807) is 40.5 Å². The van der Waals surface area contributed by atoms with Gasteiger partial charge < -0.3 is 9.80 Å². The van der Waals surface area contributed by atoms with Crippen molar-refractivity contribution in [3.8, 4) is 0 Å². The van der Waals surface area contributed by atoms with Crippen molar-refractivity contribution in [2.24, 2.45) is 0 Å². The first kappa shape index (κ1) is 21.8. The second-order valence-electron chi connectivity index (χ2n) is 8.15. The molecule has 0 bridgehead atoms. The van der Waals surface area contributed by atoms with Crippen molar-refractivity contribution >= 4 is 42.4 Å². The molecular weight excluding hydrogens is 430 g/mol. The van der Waals surface area contributed by atoms with Crippen molar-refractivity contribution in [1.29, 1.82) is 0 Å². The van der Waals surface area contributed by atoms with E-state index in [9.17, 15) is 13.2 Å². The zero-order valence-electron chi connectivity index (χ0n) is 18.1. The van der Waals surface area contributed by atoms with E-state index >= 15 is 0 Å². The number of aryl methyl sites for hydroxylation is 3. The molecule has 2 aromatic carbocycles. The van der Waals surface area contributed by atoms with E-state index in [1.165, 1.54) is 15.8 Å². The van der Waals surface area contributed by atoms with Gasteiger partial charge in [-0.2, -0.15) is 0 Å². The number of thiazole rings is 1. The van der Waals surface area contributed by atoms with Crippen LogP contribution in [0.25, 0.3) is 10.2 Å². The van der Waals surface area contributed by atoms with Crippen LogP contribution in [0.5, 0.6) is 0 Å². The molecule has 0 atom stereocenters. The van der Waals surface area contributed by atoms with Crippen LogP contribution in [-0.2, 0) is 14.6 Å². The lowest BCUT2D eigenvalue weighted by Crippen LogP contribution is -2.49. The Labute approximate surface area is 187 Å². The largest absolute Gasteiger partial charge is 0.345 e. The van der Waals surface area contributed by atoms with Crippen molar-refractivity contribution in [3.05, 3.63) is 53.1 Å². The van der Waals surface area contributed by atoms with Crippen LogP contribution in [0.2, 0.25) is 0 Å². The fourth-order valence-corrected chi connectivity index (χ4v) is 6.02. The molecule has 1 saturated heterocycles. The van der Waals surface area contributed by atoms with Gasteiger partial charge in [0.1, 0.15) is 0 Å². The number of carbonyl (C=O) groups is 1. The fourth-order valence-electron chi connectivity index (χ4n) is 3.69. The summed E-state index contributed by atoms with van der Waals surface area (Å²) in [5, 5.41) is 0.981. The molecule has 31 heavy (non-hydrogen) atoms. The third-order valence-electron chi connectivity index (χ3n) is 5.86. The summed E-state index contributed by atoms with van der Waals surface area (Å²) >= 11 is 1.68. The summed E-state index contributed by atoms with van der Waals surface area (Å²) in [6.07, 6.45) is 0.00982. The van der Waals surface area contributed by atoms with Gasteiger partial charge in [0, 0.05) is 32.6 Å². The average Bonchev–Trinajstić information content (AvgIpc) is 3.15. The minimum absolute atomic E-state index is 0.00982. The summed E-state index contributed by atoms with van der Waals surface area (Å²) in [5.74, 6) is -0.267. The predicted octanol–water partition coefficient (Wildman–Crippen LogP) is 3.73. The molecule has 0 unspecified atom stereocenters. The topological polar surface area (TPSA) is 70.6 Å². The van der Waals surface area contributed by atoms with Crippen LogP contribution in [-0.4, -0.2) is 56.1 Å². The summed E-state index contributed by atoms with van der Waals surface area (Å²) in [5.41, 5.74) is 4.52. The van der Waals surface area contributed by atoms with Crippen LogP contribution in [0.15, 0.2) is 41.3 Å². The molecule has 1 aromatic heterocycles. The van der Waals surface area contributed by atoms with Gasteiger partial charge in [-0.15, -0.1) is 0 Å². The third kappa shape index (κ3) is 4.75. The van der Waals surface area contributed by atoms with E-state index in [0.717, 1.165) is 16.2 Å². The number of hydrogen-bond donors (Lipinski definition) is 0. The molecule has 1 aliphatic rings. The van der Waals surface area contributed by atoms with Crippen LogP contribution in [0.4, 0.5) is 5.13 Å². The van der Waals surface area contributed by atoms with Gasteiger partial charge in [0.25, 0.3) is 0 Å². The molecule has 4 rings (SSSR count). The standard InChI is InChI=1S/C23H27N3O3S2/c1-16-4-6-19(7-5-16)31(28,29)13-8-22(27)25-9-11-26(12-10-25)23-24-20-14-17(2)18(3)15-21(20)30-23/h4-7,14-15H,8-13H2,1-3H3. The molecular formula is C23H27N3O3S2. The minimum atomic E-state index is -3.45. The first-order valence-electron chi connectivity index (χ1n) is 10.4. The number of benzene rings is 2. The smallest absolute Gasteiger partial charge is 0.223 e. The van der Waals surface area contributed by atoms with E-state index in [0.29, 0.717) is 26.2 Å². The van der Waals surface area contributed by atoms with E-state index in [-0.39, 0.29) is 23.0 Å². The maximum absolute atomic E-state index is 12.6. The molecule has 0 spiro atoms. The van der Waals surface area contributed by atoms with Crippen molar-refractivity contribution in [2.45, 2.75) is 32.1 Å². The van der Waals surface area contributed by atoms with E-state index < -0.39 is 9.84 Å². The molecule has 0 aliphatic carbocycles. The molecule has 164 valence electrons. The molecule has 1 fully saturated rings. The quantitative estimate of drug-likeness (QED) is 0.584. The first-order chi connectivity index (χ1) is 14.7. The van der Waals surface area contributed by atoms with E-state index in [2.05, 4.69) is 30.9 Å². The predicted molar refractivity (Wildman–Crippen MR) is 126 cm³/mol. The van der Waals surface area contributed by atoms with Gasteiger partial charge in [0.05, 0.1) is 20.9 Å². The van der Waals surface area contributed by atoms with Crippen LogP contribution in [0, 0.1) is 20.8 Å². The summed E-state index contributed by atoms with van der Waals surface area (Å²) in [6, 6.07) is 11.1. The van der Waals surface area contributed by atoms with Gasteiger partial charge in [-0.25, -0.2) is 13.4 Å². The van der Waals surface area contributed by atoms with Gasteiger partial charge in [0.15, 0.2) is 15.0 Å². The Kier molecular flexibility index (Phi) is 6.03. The van der Waals surface area contributed by atoms with Crippen molar-refractivity contribution < 1.29 is 13.2 Å². The molecule has 3 aromatic rings. The van der Waals surface area contributed by atoms with Gasteiger partial charge in [-0.3, -0.25) is 4.79 Å². The highest BCUT2D eigenvalue weighted by Crippen LogP contribution is 2.31. The lowest BCUT2D eigenvalue weighted by Gasteiger charge is -2.34. The number of rotatable bonds is 5. The highest BCUT2D eigenvalue weighted by atomic mass is 32.2. The number of amides is 1. The van der Waals surface area contributed by atoms with Crippen molar-refractivity contribution in [2.75, 3.05) is 36.8 Å². The summed E-state index contributed by atoms with van der Waals surface area (Å²) in [6.45, 7) is 8.68. The minimum Gasteiger partial charge on any atom is -0.345 e. The Hall–Kier alpha value is -2.45. The molecule has 1 amide bonds. The van der Waals surface area contributed by atoms with Gasteiger partial charge in [-0.1, -0.05) is 29.0 Å². The SMILES string of the molecule is Cc1ccc(S(=O)(=O)CCC(=O)N2CCN(c3nc4cc(C)c(C)cc4s3)CC2)cc1. The van der Waals surface area contributed by atoms with Gasteiger partial charge in [-0.05, 0) is 56.2 Å². The molecule has 0 saturated carbocycles. The Morgan fingerprint density at radius 3 is 2.32 bits per heavy atom. The Morgan fingerprint density at radius 1 is 1.00 bits per heavy atom. The van der Waals surface area contributed by atoms with E-state index in [1.807, 2.05) is 6.92 Å². The van der Waals surface area contributed by atoms with E-state index in [4.69, 9.17) is 4.98 Å². The third-order valence-corrected chi connectivity index (χ3v) is 8.67. The monoisotopic (exact) mass is 457 g/mol. The van der Waals surface area contributed by atoms with Gasteiger partial charge in [0.2, 0.25) is 5.91 Å². The second kappa shape index (κ2) is 8.59. The number of aromatic nitrogens is 1. The number of hydrogen-bond acceptors (Lipinski definition) is 6. The number of piperazine rings is 1. The van der Waals surface area contributed by atoms with Gasteiger partial charge >= 0.3 is 0 Å². The fraction of sp³-hybridized carbons (Fsp3) is 0.391. The summed E-state index contributed by atoms with van der Waals surface area (Å²) in [7, 11) is -3.45. The molecule has 8 heteroatoms. The summed E-state index contributed by atoms with van der Waals surface area (Å²) < 4.78 is 26.2. The molecule has 2 heterocycles. The number of sulfone groups is 1. The van der Waals surface area contributed by atoms with Crippen LogP contribution in [0.3, 0.4) is 0 Å². The van der Waals surface area contributed by atoms with Crippen molar-refractivity contribution in [3.63, 3.8) is 0 Å². The average molecular weight is 458 g/mol. The molecule has 0 radical (unpaired) electrons. The number of fused-ring (bicyclic) bond motifs is 1. The Balaban J connectivity index is 1.34. The lowest BCUT2D eigenvalue weighted by atomic mass is 10.1. The molecule has 1 aliphatic heterocycles.